The summed E-state index contributed by atoms with van der Waals surface area (Å²) < 4.78 is 0. The highest BCUT2D eigenvalue weighted by Gasteiger charge is 2.19. The Kier molecular flexibility index (Phi) is 4.04. The lowest BCUT2D eigenvalue weighted by Crippen LogP contribution is -2.23. The molecule has 3 aromatic carbocycles. The molecule has 0 saturated heterocycles. The van der Waals surface area contributed by atoms with Gasteiger partial charge in [0, 0.05) is 18.4 Å². The Balaban J connectivity index is 1.61. The number of aromatic nitrogens is 2. The minimum atomic E-state index is -0.287. The largest absolute Gasteiger partial charge is 0.329 e. The highest BCUT2D eigenvalue weighted by Crippen LogP contribution is 2.24. The van der Waals surface area contributed by atoms with Crippen molar-refractivity contribution < 1.29 is 4.79 Å². The van der Waals surface area contributed by atoms with E-state index in [1.54, 1.807) is 6.20 Å². The van der Waals surface area contributed by atoms with Gasteiger partial charge in [-0.05, 0) is 34.0 Å². The van der Waals surface area contributed by atoms with Crippen LogP contribution in [0.15, 0.2) is 66.9 Å². The Hall–Kier alpha value is -2.98. The van der Waals surface area contributed by atoms with E-state index in [0.29, 0.717) is 13.0 Å². The number of rotatable bonds is 5. The number of carbonyl (C=O) groups excluding carboxylic acids is 1. The predicted octanol–water partition coefficient (Wildman–Crippen LogP) is 3.57. The zero-order valence-electron chi connectivity index (χ0n) is 13.8. The van der Waals surface area contributed by atoms with Gasteiger partial charge in [0.2, 0.25) is 0 Å². The first kappa shape index (κ1) is 15.5. The second-order valence-corrected chi connectivity index (χ2v) is 6.33. The number of aromatic amines is 1. The van der Waals surface area contributed by atoms with Crippen molar-refractivity contribution >= 4 is 27.5 Å². The average molecular weight is 329 g/mol. The van der Waals surface area contributed by atoms with Crippen molar-refractivity contribution in [2.24, 2.45) is 5.73 Å². The number of benzene rings is 3. The van der Waals surface area contributed by atoms with Crippen molar-refractivity contribution in [2.45, 2.75) is 12.3 Å². The number of fused-ring (bicyclic) bond motifs is 2. The molecule has 1 unspecified atom stereocenters. The molecule has 0 amide bonds. The van der Waals surface area contributed by atoms with Crippen molar-refractivity contribution in [1.82, 2.24) is 10.2 Å². The summed E-state index contributed by atoms with van der Waals surface area (Å²) in [6.07, 6.45) is 2.14. The van der Waals surface area contributed by atoms with Gasteiger partial charge in [-0.3, -0.25) is 9.89 Å². The van der Waals surface area contributed by atoms with E-state index >= 15 is 0 Å². The minimum Gasteiger partial charge on any atom is -0.329 e. The molecule has 25 heavy (non-hydrogen) atoms. The number of H-pyrrole nitrogens is 1. The van der Waals surface area contributed by atoms with E-state index in [2.05, 4.69) is 34.5 Å². The second-order valence-electron chi connectivity index (χ2n) is 6.33. The molecule has 4 heteroatoms. The standard InChI is InChI=1S/C21H19N3O/c22-12-19(17-7-6-15-3-1-2-4-16(15)11-17)21(25)10-14-5-8-20-18(9-14)13-23-24-20/h1-9,11,13,19H,10,12,22H2,(H,23,24). The molecule has 1 heterocycles. The van der Waals surface area contributed by atoms with Crippen LogP contribution in [0, 0.1) is 0 Å². The molecule has 4 aromatic rings. The fraction of sp³-hybridized carbons (Fsp3) is 0.143. The second kappa shape index (κ2) is 6.49. The molecule has 1 atom stereocenters. The van der Waals surface area contributed by atoms with Gasteiger partial charge in [-0.25, -0.2) is 0 Å². The van der Waals surface area contributed by atoms with Crippen molar-refractivity contribution in [3.05, 3.63) is 78.0 Å². The van der Waals surface area contributed by atoms with Crippen molar-refractivity contribution in [1.29, 1.82) is 0 Å². The zero-order valence-corrected chi connectivity index (χ0v) is 13.8. The number of Topliss-reactive ketones (excluding diaryl/α,β-unsaturated/α-hetero) is 1. The van der Waals surface area contributed by atoms with E-state index in [4.69, 9.17) is 5.73 Å². The van der Waals surface area contributed by atoms with Crippen LogP contribution in [0.5, 0.6) is 0 Å². The maximum absolute atomic E-state index is 12.9. The summed E-state index contributed by atoms with van der Waals surface area (Å²) in [7, 11) is 0. The van der Waals surface area contributed by atoms with Gasteiger partial charge in [0.05, 0.1) is 17.6 Å². The van der Waals surface area contributed by atoms with Gasteiger partial charge in [-0.15, -0.1) is 0 Å². The monoisotopic (exact) mass is 329 g/mol. The number of nitrogens with zero attached hydrogens (tertiary/aromatic N) is 1. The van der Waals surface area contributed by atoms with Crippen molar-refractivity contribution in [2.75, 3.05) is 6.54 Å². The lowest BCUT2D eigenvalue weighted by molar-refractivity contribution is -0.119. The minimum absolute atomic E-state index is 0.139. The summed E-state index contributed by atoms with van der Waals surface area (Å²) in [6, 6.07) is 20.2. The van der Waals surface area contributed by atoms with Crippen LogP contribution in [0.25, 0.3) is 21.7 Å². The molecule has 0 aliphatic rings. The molecule has 3 N–H and O–H groups in total. The molecule has 1 aromatic heterocycles. The smallest absolute Gasteiger partial charge is 0.145 e. The SMILES string of the molecule is NCC(C(=O)Cc1ccc2[nH]ncc2c1)c1ccc2ccccc2c1. The number of ketones is 1. The number of nitrogens with two attached hydrogens (primary N) is 1. The summed E-state index contributed by atoms with van der Waals surface area (Å²) in [4.78, 5) is 12.9. The third-order valence-corrected chi connectivity index (χ3v) is 4.68. The summed E-state index contributed by atoms with van der Waals surface area (Å²) >= 11 is 0. The third-order valence-electron chi connectivity index (χ3n) is 4.68. The van der Waals surface area contributed by atoms with Crippen LogP contribution in [-0.4, -0.2) is 22.5 Å². The summed E-state index contributed by atoms with van der Waals surface area (Å²) in [6.45, 7) is 0.311. The highest BCUT2D eigenvalue weighted by atomic mass is 16.1. The molecule has 0 bridgehead atoms. The normalized spacial score (nSPS) is 12.5. The molecule has 124 valence electrons. The summed E-state index contributed by atoms with van der Waals surface area (Å²) in [5.41, 5.74) is 8.88. The topological polar surface area (TPSA) is 71.8 Å². The maximum Gasteiger partial charge on any atom is 0.145 e. The van der Waals surface area contributed by atoms with Crippen LogP contribution in [0.2, 0.25) is 0 Å². The van der Waals surface area contributed by atoms with Crippen molar-refractivity contribution in [3.63, 3.8) is 0 Å². The first-order valence-corrected chi connectivity index (χ1v) is 8.38. The Labute approximate surface area is 145 Å². The highest BCUT2D eigenvalue weighted by molar-refractivity contribution is 5.91. The fourth-order valence-corrected chi connectivity index (χ4v) is 3.30. The fourth-order valence-electron chi connectivity index (χ4n) is 3.30. The molecule has 4 nitrogen and oxygen atoms in total. The Morgan fingerprint density at radius 2 is 1.84 bits per heavy atom. The van der Waals surface area contributed by atoms with E-state index in [-0.39, 0.29) is 11.7 Å². The molecule has 0 aliphatic heterocycles. The van der Waals surface area contributed by atoms with Gasteiger partial charge in [0.25, 0.3) is 0 Å². The predicted molar refractivity (Wildman–Crippen MR) is 101 cm³/mol. The average Bonchev–Trinajstić information content (AvgIpc) is 3.10. The van der Waals surface area contributed by atoms with Gasteiger partial charge in [-0.1, -0.05) is 48.5 Å². The van der Waals surface area contributed by atoms with Gasteiger partial charge >= 0.3 is 0 Å². The lowest BCUT2D eigenvalue weighted by Gasteiger charge is -2.15. The van der Waals surface area contributed by atoms with E-state index < -0.39 is 0 Å². The number of nitrogens with one attached hydrogen (secondary N) is 1. The molecule has 4 rings (SSSR count). The van der Waals surface area contributed by atoms with Crippen molar-refractivity contribution in [3.8, 4) is 0 Å². The Morgan fingerprint density at radius 1 is 1.00 bits per heavy atom. The molecule has 0 aliphatic carbocycles. The number of carbonyl (C=O) groups is 1. The van der Waals surface area contributed by atoms with E-state index in [1.165, 1.54) is 5.39 Å². The molecule has 0 saturated carbocycles. The van der Waals surface area contributed by atoms with Gasteiger partial charge in [0.15, 0.2) is 0 Å². The molecular weight excluding hydrogens is 310 g/mol. The molecular formula is C21H19N3O. The van der Waals surface area contributed by atoms with Gasteiger partial charge in [0.1, 0.15) is 5.78 Å². The van der Waals surface area contributed by atoms with Gasteiger partial charge in [-0.2, -0.15) is 5.10 Å². The van der Waals surface area contributed by atoms with Gasteiger partial charge < -0.3 is 5.73 Å². The first-order chi connectivity index (χ1) is 12.2. The summed E-state index contributed by atoms with van der Waals surface area (Å²) in [5, 5.41) is 10.3. The van der Waals surface area contributed by atoms with Crippen LogP contribution >= 0.6 is 0 Å². The zero-order chi connectivity index (χ0) is 17.2. The molecule has 0 fully saturated rings. The molecule has 0 radical (unpaired) electrons. The van der Waals surface area contributed by atoms with Crippen LogP contribution in [0.4, 0.5) is 0 Å². The third kappa shape index (κ3) is 3.04. The quantitative estimate of drug-likeness (QED) is 0.588. The lowest BCUT2D eigenvalue weighted by atomic mass is 9.89. The Bertz CT molecular complexity index is 1050. The van der Waals surface area contributed by atoms with E-state index in [9.17, 15) is 4.79 Å². The van der Waals surface area contributed by atoms with Crippen LogP contribution in [0.3, 0.4) is 0 Å². The van der Waals surface area contributed by atoms with E-state index in [1.807, 2.05) is 36.4 Å². The summed E-state index contributed by atoms with van der Waals surface area (Å²) in [5.74, 6) is -0.148. The Morgan fingerprint density at radius 3 is 2.68 bits per heavy atom. The number of hydrogen-bond acceptors (Lipinski definition) is 3. The first-order valence-electron chi connectivity index (χ1n) is 8.38. The van der Waals surface area contributed by atoms with Crippen LogP contribution in [-0.2, 0) is 11.2 Å². The molecule has 0 spiro atoms. The van der Waals surface area contributed by atoms with E-state index in [0.717, 1.165) is 27.4 Å². The van der Waals surface area contributed by atoms with Crippen LogP contribution < -0.4 is 5.73 Å². The number of hydrogen-bond donors (Lipinski definition) is 2. The van der Waals surface area contributed by atoms with Crippen LogP contribution in [0.1, 0.15) is 17.0 Å². The maximum atomic E-state index is 12.9.